The minimum Gasteiger partial charge on any atom is -0.466 e. The number of carbonyl (C=O) groups is 2. The average molecular weight is 847 g/mol. The van der Waals surface area contributed by atoms with Gasteiger partial charge in [0.2, 0.25) is 10.9 Å². The normalized spacial score (nSPS) is 11.3. The number of anilines is 1. The topological polar surface area (TPSA) is 102 Å². The summed E-state index contributed by atoms with van der Waals surface area (Å²) in [4.78, 5) is 50.9. The summed E-state index contributed by atoms with van der Waals surface area (Å²) >= 11 is 0. The van der Waals surface area contributed by atoms with Crippen molar-refractivity contribution in [2.24, 2.45) is 0 Å². The Kier molecular flexibility index (Phi) is 41.8. The van der Waals surface area contributed by atoms with Crippen LogP contribution in [0.15, 0.2) is 9.59 Å². The fourth-order valence-electron chi connectivity index (χ4n) is 7.97. The van der Waals surface area contributed by atoms with Gasteiger partial charge in [0.25, 0.3) is 0 Å². The van der Waals surface area contributed by atoms with E-state index in [0.717, 1.165) is 116 Å². The molecule has 0 atom stereocenters. The van der Waals surface area contributed by atoms with Crippen LogP contribution in [0.2, 0.25) is 0 Å². The number of hydrogen-bond donors (Lipinski definition) is 1. The van der Waals surface area contributed by atoms with Gasteiger partial charge < -0.3 is 19.7 Å². The van der Waals surface area contributed by atoms with Gasteiger partial charge in [-0.2, -0.15) is 0 Å². The lowest BCUT2D eigenvalue weighted by molar-refractivity contribution is -0.150. The predicted molar refractivity (Wildman–Crippen MR) is 257 cm³/mol. The zero-order valence-corrected chi connectivity index (χ0v) is 40.6. The molecule has 1 aromatic carbocycles. The number of ether oxygens (including phenoxy) is 2. The minimum absolute atomic E-state index is 0.000546. The van der Waals surface area contributed by atoms with Crippen LogP contribution in [-0.2, 0) is 19.1 Å². The van der Waals surface area contributed by atoms with Crippen molar-refractivity contribution in [3.05, 3.63) is 26.0 Å². The van der Waals surface area contributed by atoms with Crippen LogP contribution in [0.3, 0.4) is 0 Å². The number of rotatable bonds is 44. The summed E-state index contributed by atoms with van der Waals surface area (Å²) in [6.45, 7) is 16.8. The molecule has 1 aromatic rings. The van der Waals surface area contributed by atoms with Gasteiger partial charge in [-0.3, -0.25) is 19.2 Å². The van der Waals surface area contributed by atoms with Crippen LogP contribution in [0.4, 0.5) is 5.69 Å². The first-order chi connectivity index (χ1) is 29.3. The quantitative estimate of drug-likeness (QED) is 0.0394. The zero-order valence-electron chi connectivity index (χ0n) is 40.6. The Labute approximate surface area is 370 Å². The lowest BCUT2D eigenvalue weighted by Gasteiger charge is -2.23. The van der Waals surface area contributed by atoms with Gasteiger partial charge >= 0.3 is 11.9 Å². The van der Waals surface area contributed by atoms with E-state index in [-0.39, 0.29) is 28.9 Å². The fourth-order valence-corrected chi connectivity index (χ4v) is 7.97. The summed E-state index contributed by atoms with van der Waals surface area (Å²) in [5.74, 6) is -0.0460. The van der Waals surface area contributed by atoms with E-state index in [2.05, 4.69) is 31.0 Å². The molecule has 0 heterocycles. The van der Waals surface area contributed by atoms with Crippen LogP contribution < -0.4 is 16.2 Å². The Morgan fingerprint density at radius 2 is 0.900 bits per heavy atom. The molecule has 0 spiro atoms. The Morgan fingerprint density at radius 3 is 1.38 bits per heavy atom. The molecular formula is C52H98N2O6. The molecule has 0 fully saturated rings. The standard InChI is InChI=1S/C50H92N2O6.C2H6/c1-5-8-11-14-17-26-33-43-57-46(53)37-29-22-18-24-31-40-52(42-34-39-51-48-44(4)49(55)50(48)56)41-32-25-19-23-30-38-47(54)58-45(35-27-20-15-12-9-6-2)36-28-21-16-13-10-7-3;1-2/h45,51H,5-43H2,1-4H3;1-2H3. The SMILES string of the molecule is CC.CCCCCCCCCOC(=O)CCCCCCCN(CCCCCCCC(=O)OC(CCCCCCCC)CCCCCCCC)CCCNc1c(C)c(=O)c1=O. The van der Waals surface area contributed by atoms with E-state index >= 15 is 0 Å². The van der Waals surface area contributed by atoms with Gasteiger partial charge in [-0.25, -0.2) is 0 Å². The molecule has 352 valence electrons. The first kappa shape index (κ1) is 57.8. The smallest absolute Gasteiger partial charge is 0.306 e. The van der Waals surface area contributed by atoms with Gasteiger partial charge in [-0.15, -0.1) is 0 Å². The number of nitrogens with zero attached hydrogens (tertiary/aromatic N) is 1. The molecule has 8 nitrogen and oxygen atoms in total. The van der Waals surface area contributed by atoms with Crippen LogP contribution in [0.5, 0.6) is 0 Å². The largest absolute Gasteiger partial charge is 0.466 e. The summed E-state index contributed by atoms with van der Waals surface area (Å²) in [7, 11) is 0. The number of hydrogen-bond acceptors (Lipinski definition) is 8. The van der Waals surface area contributed by atoms with E-state index in [1.807, 2.05) is 13.8 Å². The van der Waals surface area contributed by atoms with E-state index in [0.29, 0.717) is 37.2 Å². The van der Waals surface area contributed by atoms with Gasteiger partial charge in [0.1, 0.15) is 6.10 Å². The lowest BCUT2D eigenvalue weighted by Crippen LogP contribution is -2.37. The van der Waals surface area contributed by atoms with Crippen molar-refractivity contribution in [1.29, 1.82) is 0 Å². The fraction of sp³-hybridized carbons (Fsp3) is 0.885. The highest BCUT2D eigenvalue weighted by Crippen LogP contribution is 2.19. The predicted octanol–water partition coefficient (Wildman–Crippen LogP) is 14.1. The Bertz CT molecular complexity index is 1160. The van der Waals surface area contributed by atoms with Crippen molar-refractivity contribution in [3.8, 4) is 0 Å². The third-order valence-electron chi connectivity index (χ3n) is 11.9. The molecule has 0 aromatic heterocycles. The highest BCUT2D eigenvalue weighted by Gasteiger charge is 2.16. The van der Waals surface area contributed by atoms with Gasteiger partial charge in [-0.1, -0.05) is 176 Å². The Balaban J connectivity index is 0.0000171. The number of nitrogens with one attached hydrogen (secondary N) is 1. The van der Waals surface area contributed by atoms with Crippen molar-refractivity contribution < 1.29 is 19.1 Å². The first-order valence-corrected chi connectivity index (χ1v) is 25.9. The van der Waals surface area contributed by atoms with Crippen molar-refractivity contribution in [3.63, 3.8) is 0 Å². The summed E-state index contributed by atoms with van der Waals surface area (Å²) < 4.78 is 11.5. The van der Waals surface area contributed by atoms with Gasteiger partial charge in [0.15, 0.2) is 0 Å². The molecule has 1 N–H and O–H groups in total. The molecule has 0 aliphatic rings. The lowest BCUT2D eigenvalue weighted by atomic mass is 10.0. The van der Waals surface area contributed by atoms with Crippen molar-refractivity contribution in [2.75, 3.05) is 38.1 Å². The number of esters is 2. The van der Waals surface area contributed by atoms with Gasteiger partial charge in [0, 0.05) is 24.9 Å². The molecule has 0 aliphatic carbocycles. The molecule has 8 heteroatoms. The van der Waals surface area contributed by atoms with Crippen molar-refractivity contribution >= 4 is 17.6 Å². The summed E-state index contributed by atoms with van der Waals surface area (Å²) in [5.41, 5.74) is 0.300. The molecule has 0 unspecified atom stereocenters. The van der Waals surface area contributed by atoms with E-state index in [9.17, 15) is 19.2 Å². The average Bonchev–Trinajstić information content (AvgIpc) is 3.26. The zero-order chi connectivity index (χ0) is 44.3. The monoisotopic (exact) mass is 847 g/mol. The van der Waals surface area contributed by atoms with Crippen molar-refractivity contribution in [2.45, 2.75) is 266 Å². The molecule has 60 heavy (non-hydrogen) atoms. The second-order valence-electron chi connectivity index (χ2n) is 17.4. The van der Waals surface area contributed by atoms with Crippen LogP contribution >= 0.6 is 0 Å². The molecule has 0 saturated carbocycles. The van der Waals surface area contributed by atoms with Crippen LogP contribution in [-0.4, -0.2) is 55.7 Å². The van der Waals surface area contributed by atoms with E-state index in [4.69, 9.17) is 9.47 Å². The van der Waals surface area contributed by atoms with Crippen molar-refractivity contribution in [1.82, 2.24) is 4.90 Å². The summed E-state index contributed by atoms with van der Waals surface area (Å²) in [6.07, 6.45) is 38.7. The highest BCUT2D eigenvalue weighted by molar-refractivity contribution is 5.69. The Morgan fingerprint density at radius 1 is 0.500 bits per heavy atom. The molecule has 0 aliphatic heterocycles. The molecule has 0 radical (unpaired) electrons. The maximum absolute atomic E-state index is 12.8. The molecular weight excluding hydrogens is 749 g/mol. The van der Waals surface area contributed by atoms with Gasteiger partial charge in [-0.05, 0) is 90.8 Å². The molecule has 1 rings (SSSR count). The third-order valence-corrected chi connectivity index (χ3v) is 11.9. The van der Waals surface area contributed by atoms with Crippen LogP contribution in [0.1, 0.15) is 258 Å². The number of unbranched alkanes of at least 4 members (excludes halogenated alkanes) is 24. The number of carbonyl (C=O) groups excluding carboxylic acids is 2. The molecule has 0 bridgehead atoms. The highest BCUT2D eigenvalue weighted by atomic mass is 16.5. The maximum atomic E-state index is 12.8. The maximum Gasteiger partial charge on any atom is 0.306 e. The first-order valence-electron chi connectivity index (χ1n) is 25.9. The molecule has 0 saturated heterocycles. The molecule has 0 amide bonds. The summed E-state index contributed by atoms with van der Waals surface area (Å²) in [6, 6.07) is 0. The minimum atomic E-state index is -0.384. The Hall–Kier alpha value is -2.22. The van der Waals surface area contributed by atoms with Crippen LogP contribution in [0, 0.1) is 6.92 Å². The van der Waals surface area contributed by atoms with E-state index in [1.165, 1.54) is 109 Å². The van der Waals surface area contributed by atoms with E-state index in [1.54, 1.807) is 6.92 Å². The van der Waals surface area contributed by atoms with Crippen LogP contribution in [0.25, 0.3) is 0 Å². The second kappa shape index (κ2) is 43.4. The summed E-state index contributed by atoms with van der Waals surface area (Å²) in [5, 5.41) is 3.19. The third kappa shape index (κ3) is 33.4. The van der Waals surface area contributed by atoms with Gasteiger partial charge in [0.05, 0.1) is 12.3 Å². The second-order valence-corrected chi connectivity index (χ2v) is 17.4. The van der Waals surface area contributed by atoms with E-state index < -0.39 is 0 Å².